The quantitative estimate of drug-likeness (QED) is 0.893. The van der Waals surface area contributed by atoms with Gasteiger partial charge in [0.25, 0.3) is 0 Å². The van der Waals surface area contributed by atoms with Crippen LogP contribution in [0.15, 0.2) is 66.2 Å². The average molecular weight is 266 g/mol. The molecule has 1 atom stereocenters. The van der Waals surface area contributed by atoms with E-state index in [0.29, 0.717) is 0 Å². The van der Waals surface area contributed by atoms with Gasteiger partial charge in [-0.25, -0.2) is 0 Å². The van der Waals surface area contributed by atoms with Crippen LogP contribution in [0.1, 0.15) is 30.9 Å². The predicted molar refractivity (Wildman–Crippen MR) is 81.5 cm³/mol. The first-order valence-electron chi connectivity index (χ1n) is 6.62. The lowest BCUT2D eigenvalue weighted by Gasteiger charge is -2.19. The lowest BCUT2D eigenvalue weighted by Crippen LogP contribution is -2.14. The van der Waals surface area contributed by atoms with Gasteiger partial charge in [-0.3, -0.25) is 4.79 Å². The summed E-state index contributed by atoms with van der Waals surface area (Å²) >= 11 is 0. The Morgan fingerprint density at radius 3 is 1.85 bits per heavy atom. The average Bonchev–Trinajstić information content (AvgIpc) is 2.45. The predicted octanol–water partition coefficient (Wildman–Crippen LogP) is 4.35. The molecule has 0 amide bonds. The highest BCUT2D eigenvalue weighted by Gasteiger charge is 2.26. The molecule has 0 saturated heterocycles. The molecular formula is C18H18O2. The lowest BCUT2D eigenvalue weighted by atomic mass is 9.84. The Labute approximate surface area is 119 Å². The fraction of sp³-hybridized carbons (Fsp3) is 0.167. The fourth-order valence-corrected chi connectivity index (χ4v) is 2.44. The maximum absolute atomic E-state index is 11.8. The minimum absolute atomic E-state index is 0.636. The molecule has 0 bridgehead atoms. The summed E-state index contributed by atoms with van der Waals surface area (Å²) in [5, 5.41) is 9.67. The van der Waals surface area contributed by atoms with E-state index >= 15 is 0 Å². The molecule has 2 heteroatoms. The largest absolute Gasteiger partial charge is 0.481 e. The standard InChI is InChI=1S/C18H18O2/c1-13(2)16(14-9-5-3-6-10-14)17(18(19)20)15-11-7-4-8-12-15/h3-12,17H,1-2H3,(H,19,20). The summed E-state index contributed by atoms with van der Waals surface area (Å²) < 4.78 is 0. The molecule has 0 aliphatic rings. The van der Waals surface area contributed by atoms with Crippen molar-refractivity contribution in [2.24, 2.45) is 0 Å². The number of rotatable bonds is 4. The minimum atomic E-state index is -0.823. The Morgan fingerprint density at radius 1 is 0.900 bits per heavy atom. The summed E-state index contributed by atoms with van der Waals surface area (Å²) in [6, 6.07) is 19.1. The number of carboxylic acids is 1. The van der Waals surface area contributed by atoms with Crippen molar-refractivity contribution in [2.75, 3.05) is 0 Å². The smallest absolute Gasteiger partial charge is 0.315 e. The fourth-order valence-electron chi connectivity index (χ4n) is 2.44. The normalized spacial score (nSPS) is 11.7. The van der Waals surface area contributed by atoms with Crippen molar-refractivity contribution in [2.45, 2.75) is 19.8 Å². The van der Waals surface area contributed by atoms with E-state index < -0.39 is 11.9 Å². The molecule has 102 valence electrons. The van der Waals surface area contributed by atoms with Crippen LogP contribution in [0.5, 0.6) is 0 Å². The van der Waals surface area contributed by atoms with Gasteiger partial charge >= 0.3 is 5.97 Å². The summed E-state index contributed by atoms with van der Waals surface area (Å²) in [7, 11) is 0. The number of allylic oxidation sites excluding steroid dienone is 1. The van der Waals surface area contributed by atoms with Gasteiger partial charge in [0.15, 0.2) is 0 Å². The van der Waals surface area contributed by atoms with E-state index in [9.17, 15) is 9.90 Å². The van der Waals surface area contributed by atoms with Gasteiger partial charge in [-0.05, 0) is 30.5 Å². The van der Waals surface area contributed by atoms with Crippen molar-refractivity contribution >= 4 is 11.5 Å². The molecule has 0 spiro atoms. The van der Waals surface area contributed by atoms with Gasteiger partial charge in [0.05, 0.1) is 0 Å². The summed E-state index contributed by atoms with van der Waals surface area (Å²) in [4.78, 5) is 11.8. The van der Waals surface area contributed by atoms with Gasteiger partial charge in [0, 0.05) is 0 Å². The molecule has 20 heavy (non-hydrogen) atoms. The Kier molecular flexibility index (Phi) is 4.36. The number of benzene rings is 2. The van der Waals surface area contributed by atoms with E-state index in [2.05, 4.69) is 0 Å². The molecule has 2 nitrogen and oxygen atoms in total. The van der Waals surface area contributed by atoms with Crippen LogP contribution in [-0.2, 0) is 4.79 Å². The molecule has 0 radical (unpaired) electrons. The van der Waals surface area contributed by atoms with Crippen LogP contribution in [0.3, 0.4) is 0 Å². The van der Waals surface area contributed by atoms with Crippen LogP contribution in [0.2, 0.25) is 0 Å². The van der Waals surface area contributed by atoms with Crippen molar-refractivity contribution in [3.05, 3.63) is 77.4 Å². The maximum Gasteiger partial charge on any atom is 0.315 e. The first-order valence-corrected chi connectivity index (χ1v) is 6.62. The highest BCUT2D eigenvalue weighted by atomic mass is 16.4. The third-order valence-electron chi connectivity index (χ3n) is 3.29. The van der Waals surface area contributed by atoms with E-state index in [1.54, 1.807) is 0 Å². The van der Waals surface area contributed by atoms with Crippen LogP contribution in [0, 0.1) is 0 Å². The second-order valence-corrected chi connectivity index (χ2v) is 4.96. The number of carboxylic acid groups (broad SMARTS) is 1. The number of carbonyl (C=O) groups is 1. The second-order valence-electron chi connectivity index (χ2n) is 4.96. The highest BCUT2D eigenvalue weighted by molar-refractivity contribution is 5.94. The molecule has 0 saturated carbocycles. The SMILES string of the molecule is CC(C)=C(c1ccccc1)C(C(=O)O)c1ccccc1. The zero-order chi connectivity index (χ0) is 14.5. The van der Waals surface area contributed by atoms with Crippen LogP contribution in [-0.4, -0.2) is 11.1 Å². The van der Waals surface area contributed by atoms with Gasteiger partial charge in [-0.15, -0.1) is 0 Å². The number of hydrogen-bond acceptors (Lipinski definition) is 1. The van der Waals surface area contributed by atoms with Crippen molar-refractivity contribution < 1.29 is 9.90 Å². The van der Waals surface area contributed by atoms with Gasteiger partial charge in [-0.1, -0.05) is 66.2 Å². The topological polar surface area (TPSA) is 37.3 Å². The molecular weight excluding hydrogens is 248 g/mol. The zero-order valence-electron chi connectivity index (χ0n) is 11.7. The highest BCUT2D eigenvalue weighted by Crippen LogP contribution is 2.34. The molecule has 0 fully saturated rings. The number of aliphatic carboxylic acids is 1. The van der Waals surface area contributed by atoms with Crippen molar-refractivity contribution in [1.29, 1.82) is 0 Å². The third-order valence-corrected chi connectivity index (χ3v) is 3.29. The molecule has 0 aliphatic heterocycles. The summed E-state index contributed by atoms with van der Waals surface area (Å²) in [5.74, 6) is -1.46. The first-order chi connectivity index (χ1) is 9.61. The monoisotopic (exact) mass is 266 g/mol. The Bertz CT molecular complexity index is 608. The Morgan fingerprint density at radius 2 is 1.40 bits per heavy atom. The molecule has 0 aromatic heterocycles. The summed E-state index contributed by atoms with van der Waals surface area (Å²) in [6.45, 7) is 3.92. The maximum atomic E-state index is 11.8. The summed E-state index contributed by atoms with van der Waals surface area (Å²) in [6.07, 6.45) is 0. The second kappa shape index (κ2) is 6.20. The van der Waals surface area contributed by atoms with Crippen molar-refractivity contribution in [3.63, 3.8) is 0 Å². The van der Waals surface area contributed by atoms with Gasteiger partial charge < -0.3 is 5.11 Å². The lowest BCUT2D eigenvalue weighted by molar-refractivity contribution is -0.137. The third kappa shape index (κ3) is 2.97. The number of hydrogen-bond donors (Lipinski definition) is 1. The van der Waals surface area contributed by atoms with Gasteiger partial charge in [-0.2, -0.15) is 0 Å². The first kappa shape index (κ1) is 14.1. The molecule has 2 aromatic rings. The zero-order valence-corrected chi connectivity index (χ0v) is 11.7. The van der Waals surface area contributed by atoms with E-state index in [0.717, 1.165) is 22.3 Å². The van der Waals surface area contributed by atoms with Crippen LogP contribution in [0.25, 0.3) is 5.57 Å². The van der Waals surface area contributed by atoms with Crippen molar-refractivity contribution in [3.8, 4) is 0 Å². The van der Waals surface area contributed by atoms with Crippen LogP contribution in [0.4, 0.5) is 0 Å². The Balaban J connectivity index is 2.58. The minimum Gasteiger partial charge on any atom is -0.481 e. The molecule has 0 aliphatic carbocycles. The van der Waals surface area contributed by atoms with Crippen LogP contribution < -0.4 is 0 Å². The van der Waals surface area contributed by atoms with E-state index in [4.69, 9.17) is 0 Å². The summed E-state index contributed by atoms with van der Waals surface area (Å²) in [5.41, 5.74) is 3.65. The van der Waals surface area contributed by atoms with Gasteiger partial charge in [0.1, 0.15) is 5.92 Å². The van der Waals surface area contributed by atoms with Gasteiger partial charge in [0.2, 0.25) is 0 Å². The van der Waals surface area contributed by atoms with E-state index in [1.165, 1.54) is 0 Å². The van der Waals surface area contributed by atoms with E-state index in [1.807, 2.05) is 74.5 Å². The van der Waals surface area contributed by atoms with Crippen LogP contribution >= 0.6 is 0 Å². The molecule has 1 N–H and O–H groups in total. The van der Waals surface area contributed by atoms with Crippen molar-refractivity contribution in [1.82, 2.24) is 0 Å². The molecule has 0 heterocycles. The van der Waals surface area contributed by atoms with E-state index in [-0.39, 0.29) is 0 Å². The molecule has 2 aromatic carbocycles. The molecule has 1 unspecified atom stereocenters. The Hall–Kier alpha value is -2.35. The molecule has 2 rings (SSSR count).